The zero-order chi connectivity index (χ0) is 24.4. The van der Waals surface area contributed by atoms with E-state index in [4.69, 9.17) is 4.74 Å². The number of benzene rings is 3. The minimum atomic E-state index is -3.85. The summed E-state index contributed by atoms with van der Waals surface area (Å²) in [6.07, 6.45) is 4.16. The van der Waals surface area contributed by atoms with Crippen LogP contribution in [0.4, 0.5) is 5.69 Å². The average molecular weight is 489 g/mol. The number of carbonyl (C=O) groups is 1. The summed E-state index contributed by atoms with van der Waals surface area (Å²) in [4.78, 5) is 13.2. The third kappa shape index (κ3) is 4.26. The fraction of sp³-hybridized carbons (Fsp3) is 0.154. The molecule has 0 atom stereocenters. The fourth-order valence-corrected chi connectivity index (χ4v) is 5.81. The number of fused-ring (bicyclic) bond motifs is 1. The molecule has 0 bridgehead atoms. The first-order chi connectivity index (χ1) is 17.0. The van der Waals surface area contributed by atoms with Gasteiger partial charge in [0.15, 0.2) is 0 Å². The quantitative estimate of drug-likeness (QED) is 0.429. The number of carbonyl (C=O) groups excluding carboxylic acids is 1. The van der Waals surface area contributed by atoms with Crippen LogP contribution in [0, 0.1) is 0 Å². The minimum absolute atomic E-state index is 0.0390. The second-order valence-electron chi connectivity index (χ2n) is 8.08. The summed E-state index contributed by atoms with van der Waals surface area (Å²) < 4.78 is 35.4. The highest BCUT2D eigenvalue weighted by molar-refractivity contribution is 7.92. The van der Waals surface area contributed by atoms with Crippen LogP contribution in [-0.2, 0) is 23.0 Å². The molecule has 3 aromatic carbocycles. The third-order valence-electron chi connectivity index (χ3n) is 6.03. The molecule has 1 N–H and O–H groups in total. The van der Waals surface area contributed by atoms with Crippen molar-refractivity contribution in [2.75, 3.05) is 18.0 Å². The van der Waals surface area contributed by atoms with Gasteiger partial charge in [-0.25, -0.2) is 13.1 Å². The molecule has 0 fully saturated rings. The number of nitrogens with one attached hydrogen (secondary N) is 1. The Morgan fingerprint density at radius 1 is 1.03 bits per heavy atom. The Hall–Kier alpha value is -4.11. The SMILES string of the molecule is COc1ccc(S(=O)(=O)N2CCc3ccccc32)cc1C(=O)NCc1ccccc1-n1cccn1. The lowest BCUT2D eigenvalue weighted by molar-refractivity contribution is 0.0947. The van der Waals surface area contributed by atoms with Gasteiger partial charge in [-0.3, -0.25) is 9.10 Å². The second-order valence-corrected chi connectivity index (χ2v) is 9.94. The molecule has 8 nitrogen and oxygen atoms in total. The molecular weight excluding hydrogens is 464 g/mol. The molecule has 0 saturated heterocycles. The van der Waals surface area contributed by atoms with Gasteiger partial charge in [0.1, 0.15) is 5.75 Å². The molecule has 4 aromatic rings. The zero-order valence-corrected chi connectivity index (χ0v) is 19.9. The topological polar surface area (TPSA) is 93.5 Å². The van der Waals surface area contributed by atoms with Crippen LogP contribution in [0.25, 0.3) is 5.69 Å². The van der Waals surface area contributed by atoms with Gasteiger partial charge in [0.05, 0.1) is 28.9 Å². The number of methoxy groups -OCH3 is 1. The number of hydrogen-bond acceptors (Lipinski definition) is 5. The third-order valence-corrected chi connectivity index (χ3v) is 7.84. The van der Waals surface area contributed by atoms with E-state index in [-0.39, 0.29) is 17.0 Å². The lowest BCUT2D eigenvalue weighted by Crippen LogP contribution is -2.30. The Labute approximate surface area is 203 Å². The van der Waals surface area contributed by atoms with Crippen molar-refractivity contribution >= 4 is 21.6 Å². The van der Waals surface area contributed by atoms with Crippen LogP contribution < -0.4 is 14.4 Å². The number of ether oxygens (including phenoxy) is 1. The van der Waals surface area contributed by atoms with E-state index < -0.39 is 15.9 Å². The van der Waals surface area contributed by atoms with Crippen LogP contribution in [0.5, 0.6) is 5.75 Å². The van der Waals surface area contributed by atoms with Crippen molar-refractivity contribution in [2.24, 2.45) is 0 Å². The lowest BCUT2D eigenvalue weighted by Gasteiger charge is -2.20. The van der Waals surface area contributed by atoms with E-state index in [2.05, 4.69) is 10.4 Å². The normalized spacial score (nSPS) is 12.9. The Balaban J connectivity index is 1.42. The molecule has 0 spiro atoms. The molecule has 0 aliphatic carbocycles. The van der Waals surface area contributed by atoms with Crippen molar-refractivity contribution in [3.63, 3.8) is 0 Å². The number of aromatic nitrogens is 2. The number of para-hydroxylation sites is 2. The molecule has 1 amide bonds. The van der Waals surface area contributed by atoms with Crippen LogP contribution >= 0.6 is 0 Å². The predicted molar refractivity (Wildman–Crippen MR) is 132 cm³/mol. The van der Waals surface area contributed by atoms with Crippen molar-refractivity contribution in [1.82, 2.24) is 15.1 Å². The summed E-state index contributed by atoms with van der Waals surface area (Å²) in [5.74, 6) is -0.139. The molecule has 0 radical (unpaired) electrons. The second kappa shape index (κ2) is 9.27. The number of hydrogen-bond donors (Lipinski definition) is 1. The molecule has 1 aliphatic heterocycles. The van der Waals surface area contributed by atoms with Gasteiger partial charge < -0.3 is 10.1 Å². The number of nitrogens with zero attached hydrogens (tertiary/aromatic N) is 3. The van der Waals surface area contributed by atoms with Crippen molar-refractivity contribution < 1.29 is 17.9 Å². The molecule has 178 valence electrons. The average Bonchev–Trinajstić information content (AvgIpc) is 3.58. The van der Waals surface area contributed by atoms with Crippen molar-refractivity contribution in [3.8, 4) is 11.4 Å². The van der Waals surface area contributed by atoms with Crippen LogP contribution in [0.1, 0.15) is 21.5 Å². The van der Waals surface area contributed by atoms with Crippen LogP contribution in [0.2, 0.25) is 0 Å². The van der Waals surface area contributed by atoms with Crippen LogP contribution in [-0.4, -0.2) is 37.8 Å². The largest absolute Gasteiger partial charge is 0.496 e. The Bertz CT molecular complexity index is 1480. The monoisotopic (exact) mass is 488 g/mol. The lowest BCUT2D eigenvalue weighted by atomic mass is 10.1. The van der Waals surface area contributed by atoms with E-state index in [0.29, 0.717) is 24.4 Å². The molecule has 9 heteroatoms. The maximum atomic E-state index is 13.5. The molecule has 0 saturated carbocycles. The van der Waals surface area contributed by atoms with Gasteiger partial charge in [-0.15, -0.1) is 0 Å². The first-order valence-electron chi connectivity index (χ1n) is 11.1. The first kappa shape index (κ1) is 22.7. The van der Waals surface area contributed by atoms with Crippen LogP contribution in [0.3, 0.4) is 0 Å². The summed E-state index contributed by atoms with van der Waals surface area (Å²) in [5.41, 5.74) is 3.51. The zero-order valence-electron chi connectivity index (χ0n) is 19.1. The van der Waals surface area contributed by atoms with Gasteiger partial charge in [0.25, 0.3) is 15.9 Å². The number of amides is 1. The molecule has 1 aromatic heterocycles. The molecule has 1 aliphatic rings. The van der Waals surface area contributed by atoms with Crippen molar-refractivity contribution in [3.05, 3.63) is 102 Å². The van der Waals surface area contributed by atoms with Crippen molar-refractivity contribution in [1.29, 1.82) is 0 Å². The van der Waals surface area contributed by atoms with E-state index in [0.717, 1.165) is 16.8 Å². The van der Waals surface area contributed by atoms with Gasteiger partial charge in [-0.2, -0.15) is 5.10 Å². The Kier molecular flexibility index (Phi) is 6.00. The fourth-order valence-electron chi connectivity index (χ4n) is 4.28. The summed E-state index contributed by atoms with van der Waals surface area (Å²) in [7, 11) is -2.40. The maximum Gasteiger partial charge on any atom is 0.264 e. The van der Waals surface area contributed by atoms with Gasteiger partial charge in [-0.1, -0.05) is 36.4 Å². The Morgan fingerprint density at radius 2 is 1.80 bits per heavy atom. The van der Waals surface area contributed by atoms with Crippen molar-refractivity contribution in [2.45, 2.75) is 17.9 Å². The van der Waals surface area contributed by atoms with Gasteiger partial charge in [0, 0.05) is 25.5 Å². The summed E-state index contributed by atoms with van der Waals surface area (Å²) >= 11 is 0. The van der Waals surface area contributed by atoms with E-state index in [9.17, 15) is 13.2 Å². The molecule has 0 unspecified atom stereocenters. The van der Waals surface area contributed by atoms with Gasteiger partial charge >= 0.3 is 0 Å². The molecule has 5 rings (SSSR count). The van der Waals surface area contributed by atoms with E-state index in [1.807, 2.05) is 54.7 Å². The summed E-state index contributed by atoms with van der Waals surface area (Å²) in [5, 5.41) is 7.15. The predicted octanol–water partition coefficient (Wildman–Crippen LogP) is 3.56. The maximum absolute atomic E-state index is 13.5. The van der Waals surface area contributed by atoms with E-state index in [1.54, 1.807) is 16.9 Å². The van der Waals surface area contributed by atoms with E-state index >= 15 is 0 Å². The highest BCUT2D eigenvalue weighted by Gasteiger charge is 2.31. The molecule has 35 heavy (non-hydrogen) atoms. The highest BCUT2D eigenvalue weighted by atomic mass is 32.2. The first-order valence-corrected chi connectivity index (χ1v) is 12.6. The standard InChI is InChI=1S/C26H24N4O4S/c1-34-25-12-11-21(35(32,33)30-16-13-19-7-2-5-10-24(19)30)17-22(25)26(31)27-18-20-8-3-4-9-23(20)29-15-6-14-28-29/h2-12,14-15,17H,13,16,18H2,1H3,(H,27,31). The molecular formula is C26H24N4O4S. The molecule has 2 heterocycles. The minimum Gasteiger partial charge on any atom is -0.496 e. The summed E-state index contributed by atoms with van der Waals surface area (Å²) in [6, 6.07) is 21.2. The summed E-state index contributed by atoms with van der Waals surface area (Å²) in [6.45, 7) is 0.591. The van der Waals surface area contributed by atoms with Crippen LogP contribution in [0.15, 0.2) is 90.1 Å². The number of rotatable bonds is 7. The number of sulfonamides is 1. The Morgan fingerprint density at radius 3 is 2.57 bits per heavy atom. The smallest absolute Gasteiger partial charge is 0.264 e. The number of anilines is 1. The van der Waals surface area contributed by atoms with E-state index in [1.165, 1.54) is 29.6 Å². The van der Waals surface area contributed by atoms with Gasteiger partial charge in [0.2, 0.25) is 0 Å². The highest BCUT2D eigenvalue weighted by Crippen LogP contribution is 2.34. The van der Waals surface area contributed by atoms with Gasteiger partial charge in [-0.05, 0) is 53.9 Å².